The van der Waals surface area contributed by atoms with Crippen LogP contribution in [0, 0.1) is 11.3 Å². The van der Waals surface area contributed by atoms with Crippen LogP contribution in [-0.4, -0.2) is 12.7 Å². The minimum atomic E-state index is 0.453. The van der Waals surface area contributed by atoms with Crippen molar-refractivity contribution in [3.05, 3.63) is 48.0 Å². The highest BCUT2D eigenvalue weighted by Gasteiger charge is 2.22. The normalized spacial score (nSPS) is 21.2. The minimum absolute atomic E-state index is 0.453. The molecule has 0 heterocycles. The first-order valence-corrected chi connectivity index (χ1v) is 8.56. The molecule has 2 heteroatoms. The van der Waals surface area contributed by atoms with E-state index in [0.29, 0.717) is 12.0 Å². The summed E-state index contributed by atoms with van der Waals surface area (Å²) in [6.45, 7) is 4.65. The van der Waals surface area contributed by atoms with Crippen LogP contribution in [0.1, 0.15) is 68.4 Å². The average Bonchev–Trinajstić information content (AvgIpc) is 2.59. The van der Waals surface area contributed by atoms with E-state index in [1.165, 1.54) is 37.7 Å². The maximum absolute atomic E-state index is 8.85. The van der Waals surface area contributed by atoms with Crippen molar-refractivity contribution in [2.75, 3.05) is 6.61 Å². The minimum Gasteiger partial charge on any atom is -0.378 e. The van der Waals surface area contributed by atoms with Gasteiger partial charge in [0.15, 0.2) is 0 Å². The Morgan fingerprint density at radius 3 is 2.45 bits per heavy atom. The molecule has 22 heavy (non-hydrogen) atoms. The number of nitriles is 1. The van der Waals surface area contributed by atoms with Crippen LogP contribution in [0.4, 0.5) is 0 Å². The summed E-state index contributed by atoms with van der Waals surface area (Å²) in [5.41, 5.74) is 2.12. The Morgan fingerprint density at radius 2 is 1.82 bits per heavy atom. The first-order valence-electron chi connectivity index (χ1n) is 8.56. The van der Waals surface area contributed by atoms with Crippen molar-refractivity contribution in [3.8, 4) is 6.07 Å². The van der Waals surface area contributed by atoms with Gasteiger partial charge in [0.2, 0.25) is 0 Å². The summed E-state index contributed by atoms with van der Waals surface area (Å²) in [5, 5.41) is 8.85. The Balaban J connectivity index is 1.65. The van der Waals surface area contributed by atoms with Gasteiger partial charge in [-0.05, 0) is 68.6 Å². The van der Waals surface area contributed by atoms with E-state index in [2.05, 4.69) is 24.8 Å². The van der Waals surface area contributed by atoms with E-state index < -0.39 is 0 Å². The fraction of sp³-hybridized carbons (Fsp3) is 0.550. The molecule has 0 N–H and O–H groups in total. The van der Waals surface area contributed by atoms with Crippen LogP contribution in [-0.2, 0) is 4.74 Å². The van der Waals surface area contributed by atoms with E-state index in [1.54, 1.807) is 0 Å². The molecule has 2 nitrogen and oxygen atoms in total. The molecule has 0 radical (unpaired) electrons. The molecule has 0 aliphatic heterocycles. The molecule has 1 saturated carbocycles. The van der Waals surface area contributed by atoms with E-state index in [1.807, 2.05) is 18.2 Å². The van der Waals surface area contributed by atoms with Crippen molar-refractivity contribution >= 4 is 0 Å². The summed E-state index contributed by atoms with van der Waals surface area (Å²) < 4.78 is 6.01. The molecule has 0 aromatic heterocycles. The van der Waals surface area contributed by atoms with Gasteiger partial charge in [-0.3, -0.25) is 0 Å². The Bertz CT molecular complexity index is 477. The van der Waals surface area contributed by atoms with Crippen LogP contribution in [0.5, 0.6) is 0 Å². The van der Waals surface area contributed by atoms with Gasteiger partial charge in [-0.25, -0.2) is 0 Å². The maximum Gasteiger partial charge on any atom is 0.0991 e. The van der Waals surface area contributed by atoms with Gasteiger partial charge < -0.3 is 4.74 Å². The van der Waals surface area contributed by atoms with Gasteiger partial charge in [-0.15, -0.1) is 6.58 Å². The van der Waals surface area contributed by atoms with Crippen LogP contribution in [0.3, 0.4) is 0 Å². The van der Waals surface area contributed by atoms with Crippen molar-refractivity contribution in [1.29, 1.82) is 5.26 Å². The second-order valence-electron chi connectivity index (χ2n) is 6.22. The van der Waals surface area contributed by atoms with Gasteiger partial charge in [-0.1, -0.05) is 24.6 Å². The highest BCUT2D eigenvalue weighted by Crippen LogP contribution is 2.34. The van der Waals surface area contributed by atoms with E-state index in [-0.39, 0.29) is 0 Å². The van der Waals surface area contributed by atoms with Crippen molar-refractivity contribution < 1.29 is 4.74 Å². The van der Waals surface area contributed by atoms with Gasteiger partial charge in [0.1, 0.15) is 0 Å². The monoisotopic (exact) mass is 297 g/mol. The van der Waals surface area contributed by atoms with Gasteiger partial charge in [0, 0.05) is 6.61 Å². The number of ether oxygens (including phenoxy) is 1. The molecule has 1 fully saturated rings. The van der Waals surface area contributed by atoms with Crippen LogP contribution in [0.25, 0.3) is 0 Å². The third-order valence-electron chi connectivity index (χ3n) is 4.59. The van der Waals surface area contributed by atoms with E-state index in [4.69, 9.17) is 10.00 Å². The van der Waals surface area contributed by atoms with Crippen LogP contribution in [0.15, 0.2) is 36.9 Å². The van der Waals surface area contributed by atoms with Crippen LogP contribution < -0.4 is 0 Å². The molecule has 1 aromatic rings. The topological polar surface area (TPSA) is 33.0 Å². The molecule has 0 spiro atoms. The molecule has 1 aliphatic carbocycles. The number of allylic oxidation sites excluding steroid dienone is 1. The third kappa shape index (κ3) is 5.31. The maximum atomic E-state index is 8.85. The van der Waals surface area contributed by atoms with Crippen molar-refractivity contribution in [3.63, 3.8) is 0 Å². The Labute approximate surface area is 134 Å². The summed E-state index contributed by atoms with van der Waals surface area (Å²) in [6, 6.07) is 10.3. The van der Waals surface area contributed by atoms with Crippen molar-refractivity contribution in [1.82, 2.24) is 0 Å². The summed E-state index contributed by atoms with van der Waals surface area (Å²) >= 11 is 0. The molecule has 1 aromatic carbocycles. The lowest BCUT2D eigenvalue weighted by Gasteiger charge is -2.29. The van der Waals surface area contributed by atoms with Gasteiger partial charge in [-0.2, -0.15) is 5.26 Å². The van der Waals surface area contributed by atoms with E-state index in [9.17, 15) is 0 Å². The summed E-state index contributed by atoms with van der Waals surface area (Å²) in [7, 11) is 0. The highest BCUT2D eigenvalue weighted by atomic mass is 16.5. The zero-order chi connectivity index (χ0) is 15.6. The Kier molecular flexibility index (Phi) is 7.19. The average molecular weight is 297 g/mol. The molecule has 0 amide bonds. The third-order valence-corrected chi connectivity index (χ3v) is 4.59. The zero-order valence-corrected chi connectivity index (χ0v) is 13.5. The summed E-state index contributed by atoms with van der Waals surface area (Å²) in [5.74, 6) is 0.639. The van der Waals surface area contributed by atoms with Gasteiger partial charge in [0.25, 0.3) is 0 Å². The highest BCUT2D eigenvalue weighted by molar-refractivity contribution is 5.33. The number of unbranched alkanes of at least 4 members (excludes halogenated alkanes) is 3. The number of benzene rings is 1. The second kappa shape index (κ2) is 9.43. The number of hydrogen-bond acceptors (Lipinski definition) is 2. The first-order chi connectivity index (χ1) is 10.8. The SMILES string of the molecule is C=CCCCCCOC1CCC(c2ccc(C#N)cc2)CC1. The predicted octanol–water partition coefficient (Wildman–Crippen LogP) is 5.35. The largest absolute Gasteiger partial charge is 0.378 e. The lowest BCUT2D eigenvalue weighted by molar-refractivity contribution is 0.0227. The number of hydrogen-bond donors (Lipinski definition) is 0. The standard InChI is InChI=1S/C20H27NO/c1-2-3-4-5-6-15-22-20-13-11-19(12-14-20)18-9-7-17(16-21)8-10-18/h2,7-10,19-20H,1,3-6,11-15H2. The smallest absolute Gasteiger partial charge is 0.0991 e. The van der Waals surface area contributed by atoms with Crippen LogP contribution in [0.2, 0.25) is 0 Å². The first kappa shape index (κ1) is 16.8. The Morgan fingerprint density at radius 1 is 1.09 bits per heavy atom. The molecule has 0 bridgehead atoms. The molecule has 118 valence electrons. The van der Waals surface area contributed by atoms with Gasteiger partial charge >= 0.3 is 0 Å². The van der Waals surface area contributed by atoms with E-state index >= 15 is 0 Å². The van der Waals surface area contributed by atoms with Crippen molar-refractivity contribution in [2.24, 2.45) is 0 Å². The molecule has 0 atom stereocenters. The van der Waals surface area contributed by atoms with E-state index in [0.717, 1.165) is 31.4 Å². The zero-order valence-electron chi connectivity index (χ0n) is 13.5. The number of rotatable bonds is 8. The van der Waals surface area contributed by atoms with Crippen LogP contribution >= 0.6 is 0 Å². The quantitative estimate of drug-likeness (QED) is 0.479. The second-order valence-corrected chi connectivity index (χ2v) is 6.22. The molecule has 0 unspecified atom stereocenters. The summed E-state index contributed by atoms with van der Waals surface area (Å²) in [4.78, 5) is 0. The molecular weight excluding hydrogens is 270 g/mol. The van der Waals surface area contributed by atoms with Gasteiger partial charge in [0.05, 0.1) is 17.7 Å². The lowest BCUT2D eigenvalue weighted by Crippen LogP contribution is -2.21. The number of nitrogens with zero attached hydrogens (tertiary/aromatic N) is 1. The fourth-order valence-electron chi connectivity index (χ4n) is 3.21. The Hall–Kier alpha value is -1.59. The molecule has 2 rings (SSSR count). The fourth-order valence-corrected chi connectivity index (χ4v) is 3.21. The van der Waals surface area contributed by atoms with Crippen molar-refractivity contribution in [2.45, 2.75) is 63.4 Å². The lowest BCUT2D eigenvalue weighted by atomic mass is 9.82. The molecular formula is C20H27NO. The summed E-state index contributed by atoms with van der Waals surface area (Å²) in [6.07, 6.45) is 11.9. The molecule has 0 saturated heterocycles. The predicted molar refractivity (Wildman–Crippen MR) is 90.8 cm³/mol. The molecule has 1 aliphatic rings.